The van der Waals surface area contributed by atoms with Crippen molar-refractivity contribution in [2.75, 3.05) is 33.3 Å². The highest BCUT2D eigenvalue weighted by atomic mass is 19.1. The van der Waals surface area contributed by atoms with E-state index >= 15 is 0 Å². The molecule has 1 aliphatic heterocycles. The van der Waals surface area contributed by atoms with Crippen LogP contribution in [0.25, 0.3) is 16.7 Å². The number of carbonyl (C=O) groups excluding carboxylic acids is 1. The first-order valence-corrected chi connectivity index (χ1v) is 11.9. The van der Waals surface area contributed by atoms with Crippen LogP contribution in [0, 0.1) is 5.82 Å². The second-order valence-electron chi connectivity index (χ2n) is 8.77. The predicted molar refractivity (Wildman–Crippen MR) is 133 cm³/mol. The Morgan fingerprint density at radius 1 is 1.11 bits per heavy atom. The first-order chi connectivity index (χ1) is 17.5. The second kappa shape index (κ2) is 10.3. The standard InChI is InChI=1S/C26H27FN6O3/c1-36-22-8-7-18(15-21(22)27)17-31-11-13-32(14-12-31)24(34)10-9-23-29-25-20(26(35)30-23)16-28-33(25)19-5-3-2-4-6-19/h2-8,15-16H,9-14,17H2,1H3,(H,29,30,35). The fraction of sp³-hybridized carbons (Fsp3) is 0.308. The maximum atomic E-state index is 14.0. The highest BCUT2D eigenvalue weighted by Crippen LogP contribution is 2.19. The normalized spacial score (nSPS) is 14.3. The molecule has 0 saturated carbocycles. The largest absolute Gasteiger partial charge is 0.494 e. The summed E-state index contributed by atoms with van der Waals surface area (Å²) in [5.41, 5.74) is 1.88. The zero-order valence-corrected chi connectivity index (χ0v) is 20.0. The molecule has 0 bridgehead atoms. The van der Waals surface area contributed by atoms with Gasteiger partial charge in [-0.3, -0.25) is 14.5 Å². The van der Waals surface area contributed by atoms with Gasteiger partial charge in [-0.15, -0.1) is 0 Å². The molecule has 2 aromatic carbocycles. The van der Waals surface area contributed by atoms with Gasteiger partial charge in [-0.1, -0.05) is 24.3 Å². The Balaban J connectivity index is 1.18. The van der Waals surface area contributed by atoms with Crippen molar-refractivity contribution in [1.29, 1.82) is 0 Å². The predicted octanol–water partition coefficient (Wildman–Crippen LogP) is 2.53. The third kappa shape index (κ3) is 4.99. The molecular formula is C26H27FN6O3. The summed E-state index contributed by atoms with van der Waals surface area (Å²) < 4.78 is 20.6. The molecule has 0 unspecified atom stereocenters. The molecule has 3 heterocycles. The third-order valence-electron chi connectivity index (χ3n) is 6.41. The van der Waals surface area contributed by atoms with Gasteiger partial charge in [0.05, 0.1) is 19.0 Å². The summed E-state index contributed by atoms with van der Waals surface area (Å²) in [6.45, 7) is 3.22. The second-order valence-corrected chi connectivity index (χ2v) is 8.77. The fourth-order valence-corrected chi connectivity index (χ4v) is 4.45. The summed E-state index contributed by atoms with van der Waals surface area (Å²) in [6, 6.07) is 14.5. The van der Waals surface area contributed by atoms with Crippen molar-refractivity contribution < 1.29 is 13.9 Å². The van der Waals surface area contributed by atoms with Crippen molar-refractivity contribution in [1.82, 2.24) is 29.5 Å². The number of piperazine rings is 1. The molecule has 10 heteroatoms. The number of ether oxygens (including phenoxy) is 1. The van der Waals surface area contributed by atoms with Crippen LogP contribution in [0.3, 0.4) is 0 Å². The molecule has 0 radical (unpaired) electrons. The number of para-hydroxylation sites is 1. The van der Waals surface area contributed by atoms with Gasteiger partial charge < -0.3 is 14.6 Å². The minimum absolute atomic E-state index is 0.0180. The maximum Gasteiger partial charge on any atom is 0.262 e. The number of hydrogen-bond donors (Lipinski definition) is 1. The number of halogens is 1. The summed E-state index contributed by atoms with van der Waals surface area (Å²) in [5, 5.41) is 4.72. The summed E-state index contributed by atoms with van der Waals surface area (Å²) >= 11 is 0. The smallest absolute Gasteiger partial charge is 0.262 e. The van der Waals surface area contributed by atoms with Crippen LogP contribution in [0.1, 0.15) is 17.8 Å². The molecule has 1 saturated heterocycles. The molecule has 4 aromatic rings. The number of aryl methyl sites for hydroxylation is 1. The molecule has 1 fully saturated rings. The van der Waals surface area contributed by atoms with Crippen LogP contribution < -0.4 is 10.3 Å². The molecule has 0 atom stereocenters. The van der Waals surface area contributed by atoms with Gasteiger partial charge in [0.15, 0.2) is 17.2 Å². The van der Waals surface area contributed by atoms with Gasteiger partial charge in [-0.25, -0.2) is 14.1 Å². The van der Waals surface area contributed by atoms with E-state index in [4.69, 9.17) is 4.74 Å². The van der Waals surface area contributed by atoms with Crippen molar-refractivity contribution in [3.8, 4) is 11.4 Å². The lowest BCUT2D eigenvalue weighted by Crippen LogP contribution is -2.48. The van der Waals surface area contributed by atoms with Gasteiger partial charge in [-0.2, -0.15) is 5.10 Å². The monoisotopic (exact) mass is 490 g/mol. The Labute approximate surface area is 207 Å². The van der Waals surface area contributed by atoms with Crippen molar-refractivity contribution in [2.45, 2.75) is 19.4 Å². The Morgan fingerprint density at radius 3 is 2.61 bits per heavy atom. The molecule has 1 N–H and O–H groups in total. The fourth-order valence-electron chi connectivity index (χ4n) is 4.45. The van der Waals surface area contributed by atoms with E-state index in [1.54, 1.807) is 10.7 Å². The average Bonchev–Trinajstić information content (AvgIpc) is 3.33. The van der Waals surface area contributed by atoms with E-state index in [0.717, 1.165) is 11.3 Å². The van der Waals surface area contributed by atoms with Crippen LogP contribution in [-0.4, -0.2) is 68.7 Å². The number of nitrogens with zero attached hydrogens (tertiary/aromatic N) is 5. The number of aromatic amines is 1. The quantitative estimate of drug-likeness (QED) is 0.428. The van der Waals surface area contributed by atoms with Gasteiger partial charge in [0.25, 0.3) is 5.56 Å². The van der Waals surface area contributed by atoms with Crippen molar-refractivity contribution in [3.63, 3.8) is 0 Å². The highest BCUT2D eigenvalue weighted by molar-refractivity contribution is 5.77. The summed E-state index contributed by atoms with van der Waals surface area (Å²) in [7, 11) is 1.44. The van der Waals surface area contributed by atoms with Crippen LogP contribution >= 0.6 is 0 Å². The minimum Gasteiger partial charge on any atom is -0.494 e. The van der Waals surface area contributed by atoms with E-state index in [9.17, 15) is 14.0 Å². The molecule has 36 heavy (non-hydrogen) atoms. The van der Waals surface area contributed by atoms with Crippen LogP contribution in [-0.2, 0) is 17.8 Å². The summed E-state index contributed by atoms with van der Waals surface area (Å²) in [6.07, 6.45) is 2.08. The molecule has 5 rings (SSSR count). The van der Waals surface area contributed by atoms with Gasteiger partial charge in [0.1, 0.15) is 11.2 Å². The van der Waals surface area contributed by atoms with E-state index in [-0.39, 0.29) is 29.5 Å². The minimum atomic E-state index is -0.375. The average molecular weight is 491 g/mol. The molecule has 1 aliphatic rings. The lowest BCUT2D eigenvalue weighted by molar-refractivity contribution is -0.133. The van der Waals surface area contributed by atoms with E-state index in [2.05, 4.69) is 20.0 Å². The molecule has 0 spiro atoms. The van der Waals surface area contributed by atoms with Gasteiger partial charge in [0, 0.05) is 45.6 Å². The van der Waals surface area contributed by atoms with E-state index < -0.39 is 0 Å². The molecule has 0 aliphatic carbocycles. The Hall–Kier alpha value is -4.05. The number of aromatic nitrogens is 4. The number of hydrogen-bond acceptors (Lipinski definition) is 6. The van der Waals surface area contributed by atoms with Crippen molar-refractivity contribution >= 4 is 16.9 Å². The maximum absolute atomic E-state index is 14.0. The zero-order chi connectivity index (χ0) is 25.1. The molecule has 1 amide bonds. The number of methoxy groups -OCH3 is 1. The number of carbonyl (C=O) groups is 1. The van der Waals surface area contributed by atoms with E-state index in [1.807, 2.05) is 41.3 Å². The molecule has 2 aromatic heterocycles. The number of nitrogens with one attached hydrogen (secondary N) is 1. The Bertz CT molecular complexity index is 1430. The number of fused-ring (bicyclic) bond motifs is 1. The topological polar surface area (TPSA) is 96.3 Å². The molecule has 9 nitrogen and oxygen atoms in total. The van der Waals surface area contributed by atoms with Crippen LogP contribution in [0.2, 0.25) is 0 Å². The summed E-state index contributed by atoms with van der Waals surface area (Å²) in [5.74, 6) is 0.331. The van der Waals surface area contributed by atoms with Crippen LogP contribution in [0.15, 0.2) is 59.5 Å². The Kier molecular flexibility index (Phi) is 6.77. The molecule has 186 valence electrons. The van der Waals surface area contributed by atoms with Gasteiger partial charge >= 0.3 is 0 Å². The van der Waals surface area contributed by atoms with Crippen LogP contribution in [0.5, 0.6) is 5.75 Å². The number of H-pyrrole nitrogens is 1. The van der Waals surface area contributed by atoms with E-state index in [0.29, 0.717) is 56.0 Å². The van der Waals surface area contributed by atoms with Crippen LogP contribution in [0.4, 0.5) is 4.39 Å². The van der Waals surface area contributed by atoms with Crippen molar-refractivity contribution in [2.24, 2.45) is 0 Å². The van der Waals surface area contributed by atoms with E-state index in [1.165, 1.54) is 19.4 Å². The first kappa shape index (κ1) is 23.7. The van der Waals surface area contributed by atoms with Crippen molar-refractivity contribution in [3.05, 3.63) is 82.3 Å². The number of benzene rings is 2. The Morgan fingerprint density at radius 2 is 1.89 bits per heavy atom. The zero-order valence-electron chi connectivity index (χ0n) is 20.0. The number of rotatable bonds is 7. The van der Waals surface area contributed by atoms with Gasteiger partial charge in [-0.05, 0) is 29.8 Å². The lowest BCUT2D eigenvalue weighted by Gasteiger charge is -2.34. The third-order valence-corrected chi connectivity index (χ3v) is 6.41. The number of amides is 1. The lowest BCUT2D eigenvalue weighted by atomic mass is 10.1. The van der Waals surface area contributed by atoms with Gasteiger partial charge in [0.2, 0.25) is 5.91 Å². The SMILES string of the molecule is COc1ccc(CN2CCN(C(=O)CCc3nc4c(cnn4-c4ccccc4)c(=O)[nH]3)CC2)cc1F. The molecular weight excluding hydrogens is 463 g/mol. The first-order valence-electron chi connectivity index (χ1n) is 11.9. The highest BCUT2D eigenvalue weighted by Gasteiger charge is 2.22. The summed E-state index contributed by atoms with van der Waals surface area (Å²) in [4.78, 5) is 36.8.